The van der Waals surface area contributed by atoms with Crippen molar-refractivity contribution >= 4 is 40.0 Å². The minimum atomic E-state index is 0.0278. The first-order valence-electron chi connectivity index (χ1n) is 7.41. The number of thiazole rings is 1. The Morgan fingerprint density at radius 1 is 1.48 bits per heavy atom. The van der Waals surface area contributed by atoms with Crippen molar-refractivity contribution in [1.29, 1.82) is 0 Å². The molecule has 0 bridgehead atoms. The van der Waals surface area contributed by atoms with Gasteiger partial charge in [0.2, 0.25) is 0 Å². The van der Waals surface area contributed by atoms with Crippen molar-refractivity contribution in [2.45, 2.75) is 43.9 Å². The number of anilines is 2. The van der Waals surface area contributed by atoms with Gasteiger partial charge < -0.3 is 16.0 Å². The number of rotatable bonds is 3. The second-order valence-corrected chi connectivity index (χ2v) is 9.14. The molecule has 3 N–H and O–H groups in total. The zero-order valence-electron chi connectivity index (χ0n) is 12.5. The maximum Gasteiger partial charge on any atom is 0.267 e. The average Bonchev–Trinajstić information content (AvgIpc) is 2.73. The van der Waals surface area contributed by atoms with Crippen LogP contribution in [0.2, 0.25) is 0 Å². The van der Waals surface area contributed by atoms with Crippen molar-refractivity contribution in [2.75, 3.05) is 29.9 Å². The van der Waals surface area contributed by atoms with Gasteiger partial charge in [-0.05, 0) is 33.1 Å². The largest absolute Gasteiger partial charge is 0.382 e. The van der Waals surface area contributed by atoms with Gasteiger partial charge in [-0.25, -0.2) is 4.98 Å². The van der Waals surface area contributed by atoms with E-state index >= 15 is 0 Å². The van der Waals surface area contributed by atoms with Crippen LogP contribution in [0.25, 0.3) is 0 Å². The van der Waals surface area contributed by atoms with Gasteiger partial charge in [0.15, 0.2) is 5.13 Å². The zero-order chi connectivity index (χ0) is 15.0. The number of carbonyl (C=O) groups is 1. The van der Waals surface area contributed by atoms with E-state index in [1.165, 1.54) is 30.6 Å². The monoisotopic (exact) mass is 326 g/mol. The molecule has 3 rings (SSSR count). The molecule has 1 aliphatic carbocycles. The summed E-state index contributed by atoms with van der Waals surface area (Å²) in [6.45, 7) is 5.91. The molecule has 2 aliphatic rings. The minimum Gasteiger partial charge on any atom is -0.382 e. The summed E-state index contributed by atoms with van der Waals surface area (Å²) in [6.07, 6.45) is 3.63. The normalized spacial score (nSPS) is 21.9. The number of amides is 1. The van der Waals surface area contributed by atoms with Crippen molar-refractivity contribution in [3.05, 3.63) is 4.88 Å². The number of nitrogens with one attached hydrogen (secondary N) is 1. The Morgan fingerprint density at radius 3 is 2.86 bits per heavy atom. The van der Waals surface area contributed by atoms with Gasteiger partial charge in [0, 0.05) is 29.6 Å². The summed E-state index contributed by atoms with van der Waals surface area (Å²) in [4.78, 5) is 19.5. The molecule has 116 valence electrons. The fraction of sp³-hybridized carbons (Fsp3) is 0.714. The number of nitrogens with two attached hydrogens (primary N) is 1. The number of hydrogen-bond donors (Lipinski definition) is 2. The fourth-order valence-corrected chi connectivity index (χ4v) is 4.65. The lowest BCUT2D eigenvalue weighted by Gasteiger charge is -2.37. The van der Waals surface area contributed by atoms with E-state index in [2.05, 4.69) is 24.1 Å². The summed E-state index contributed by atoms with van der Waals surface area (Å²) >= 11 is 3.31. The van der Waals surface area contributed by atoms with Gasteiger partial charge in [-0.15, -0.1) is 0 Å². The van der Waals surface area contributed by atoms with Crippen molar-refractivity contribution in [1.82, 2.24) is 9.88 Å². The number of carbonyl (C=O) groups excluding carboxylic acids is 1. The Morgan fingerprint density at radius 2 is 2.24 bits per heavy atom. The van der Waals surface area contributed by atoms with Gasteiger partial charge in [0.05, 0.1) is 0 Å². The van der Waals surface area contributed by atoms with Crippen LogP contribution >= 0.6 is 23.1 Å². The summed E-state index contributed by atoms with van der Waals surface area (Å²) in [5.41, 5.74) is 5.96. The fourth-order valence-electron chi connectivity index (χ4n) is 2.61. The SMILES string of the molecule is CC1(C)CN(C(=O)c2sc(NC3CCC3)nc2N)CCS1. The Hall–Kier alpha value is -0.950. The van der Waals surface area contributed by atoms with Crippen molar-refractivity contribution in [3.8, 4) is 0 Å². The summed E-state index contributed by atoms with van der Waals surface area (Å²) < 4.78 is 0.111. The van der Waals surface area contributed by atoms with Crippen LogP contribution in [-0.4, -0.2) is 45.4 Å². The Kier molecular flexibility index (Phi) is 4.05. The molecule has 1 amide bonds. The van der Waals surface area contributed by atoms with Crippen molar-refractivity contribution < 1.29 is 4.79 Å². The third kappa shape index (κ3) is 3.29. The van der Waals surface area contributed by atoms with E-state index < -0.39 is 0 Å². The molecule has 1 aliphatic heterocycles. The van der Waals surface area contributed by atoms with Gasteiger partial charge in [0.1, 0.15) is 10.7 Å². The van der Waals surface area contributed by atoms with Gasteiger partial charge >= 0.3 is 0 Å². The third-order valence-corrected chi connectivity index (χ3v) is 6.28. The molecule has 7 heteroatoms. The molecule has 0 aromatic carbocycles. The summed E-state index contributed by atoms with van der Waals surface area (Å²) in [7, 11) is 0. The molecule has 0 unspecified atom stereocenters. The number of hydrogen-bond acceptors (Lipinski definition) is 6. The standard InChI is InChI=1S/C14H22N4OS2/c1-14(2)8-18(6-7-20-14)12(19)10-11(15)17-13(21-10)16-9-4-3-5-9/h9H,3-8,15H2,1-2H3,(H,16,17). The Labute approximate surface area is 133 Å². The molecule has 1 aromatic rings. The van der Waals surface area contributed by atoms with Gasteiger partial charge in [-0.3, -0.25) is 4.79 Å². The number of nitrogen functional groups attached to an aromatic ring is 1. The highest BCUT2D eigenvalue weighted by atomic mass is 32.2. The van der Waals surface area contributed by atoms with Crippen LogP contribution in [0.5, 0.6) is 0 Å². The minimum absolute atomic E-state index is 0.0278. The zero-order valence-corrected chi connectivity index (χ0v) is 14.1. The molecule has 2 heterocycles. The first-order chi connectivity index (χ1) is 9.94. The summed E-state index contributed by atoms with van der Waals surface area (Å²) in [5.74, 6) is 1.37. The van der Waals surface area contributed by atoms with E-state index in [9.17, 15) is 4.79 Å². The van der Waals surface area contributed by atoms with E-state index in [-0.39, 0.29) is 10.7 Å². The van der Waals surface area contributed by atoms with Crippen molar-refractivity contribution in [3.63, 3.8) is 0 Å². The summed E-state index contributed by atoms with van der Waals surface area (Å²) in [5, 5.41) is 4.15. The number of aromatic nitrogens is 1. The molecular weight excluding hydrogens is 304 g/mol. The van der Waals surface area contributed by atoms with Crippen molar-refractivity contribution in [2.24, 2.45) is 0 Å². The van der Waals surface area contributed by atoms with Crippen LogP contribution in [0.3, 0.4) is 0 Å². The molecule has 1 saturated heterocycles. The molecular formula is C14H22N4OS2. The first-order valence-corrected chi connectivity index (χ1v) is 9.21. The molecule has 5 nitrogen and oxygen atoms in total. The van der Waals surface area contributed by atoms with E-state index in [1.54, 1.807) is 0 Å². The quantitative estimate of drug-likeness (QED) is 0.893. The van der Waals surface area contributed by atoms with Crippen LogP contribution in [0, 0.1) is 0 Å². The second-order valence-electron chi connectivity index (χ2n) is 6.34. The predicted octanol–water partition coefficient (Wildman–Crippen LogP) is 2.66. The Bertz CT molecular complexity index is 539. The molecule has 1 aromatic heterocycles. The predicted molar refractivity (Wildman–Crippen MR) is 90.2 cm³/mol. The highest BCUT2D eigenvalue weighted by molar-refractivity contribution is 8.00. The van der Waals surface area contributed by atoms with E-state index in [4.69, 9.17) is 5.73 Å². The smallest absolute Gasteiger partial charge is 0.267 e. The van der Waals surface area contributed by atoms with Gasteiger partial charge in [0.25, 0.3) is 5.91 Å². The number of nitrogens with zero attached hydrogens (tertiary/aromatic N) is 2. The Balaban J connectivity index is 1.71. The van der Waals surface area contributed by atoms with Crippen LogP contribution in [0.15, 0.2) is 0 Å². The lowest BCUT2D eigenvalue weighted by atomic mass is 9.93. The first kappa shape index (κ1) is 15.0. The van der Waals surface area contributed by atoms with Crippen LogP contribution < -0.4 is 11.1 Å². The highest BCUT2D eigenvalue weighted by Gasteiger charge is 2.32. The third-order valence-electron chi connectivity index (χ3n) is 3.99. The topological polar surface area (TPSA) is 71.2 Å². The van der Waals surface area contributed by atoms with E-state index in [0.717, 1.165) is 24.0 Å². The molecule has 21 heavy (non-hydrogen) atoms. The van der Waals surface area contributed by atoms with Crippen LogP contribution in [-0.2, 0) is 0 Å². The molecule has 0 atom stereocenters. The highest BCUT2D eigenvalue weighted by Crippen LogP contribution is 2.33. The van der Waals surface area contributed by atoms with Gasteiger partial charge in [-0.2, -0.15) is 11.8 Å². The number of thioether (sulfide) groups is 1. The molecule has 1 saturated carbocycles. The lowest BCUT2D eigenvalue weighted by molar-refractivity contribution is 0.0753. The van der Waals surface area contributed by atoms with Gasteiger partial charge in [-0.1, -0.05) is 11.3 Å². The summed E-state index contributed by atoms with van der Waals surface area (Å²) in [6, 6.07) is 0.504. The lowest BCUT2D eigenvalue weighted by Crippen LogP contribution is -2.46. The van der Waals surface area contributed by atoms with Crippen LogP contribution in [0.1, 0.15) is 42.8 Å². The molecule has 0 spiro atoms. The van der Waals surface area contributed by atoms with E-state index in [0.29, 0.717) is 16.7 Å². The average molecular weight is 326 g/mol. The maximum atomic E-state index is 12.7. The van der Waals surface area contributed by atoms with Crippen LogP contribution in [0.4, 0.5) is 10.9 Å². The molecule has 0 radical (unpaired) electrons. The second kappa shape index (κ2) is 5.68. The maximum absolute atomic E-state index is 12.7. The molecule has 2 fully saturated rings. The van der Waals surface area contributed by atoms with E-state index in [1.807, 2.05) is 16.7 Å².